The number of hydrogen-bond donors (Lipinski definition) is 15. The summed E-state index contributed by atoms with van der Waals surface area (Å²) < 4.78 is 50.3. The van der Waals surface area contributed by atoms with Gasteiger partial charge in [0.15, 0.2) is 31.5 Å². The molecule has 316 valence electrons. The van der Waals surface area contributed by atoms with Crippen molar-refractivity contribution in [3.05, 3.63) is 0 Å². The second-order valence-electron chi connectivity index (χ2n) is 13.9. The van der Waals surface area contributed by atoms with Gasteiger partial charge >= 0.3 is 0 Å². The van der Waals surface area contributed by atoms with Crippen molar-refractivity contribution in [2.24, 2.45) is 0 Å². The maximum Gasteiger partial charge on any atom is 0.187 e. The minimum absolute atomic E-state index is 0.803. The summed E-state index contributed by atoms with van der Waals surface area (Å²) >= 11 is 0. The summed E-state index contributed by atoms with van der Waals surface area (Å²) in [5, 5.41) is 157. The van der Waals surface area contributed by atoms with E-state index in [9.17, 15) is 76.6 Å². The van der Waals surface area contributed by atoms with Crippen LogP contribution in [-0.4, -0.2) is 250 Å². The fraction of sp³-hybridized carbons (Fsp3) is 1.00. The van der Waals surface area contributed by atoms with Crippen molar-refractivity contribution < 1.29 is 119 Å². The van der Waals surface area contributed by atoms with Crippen molar-refractivity contribution in [1.29, 1.82) is 0 Å². The smallest absolute Gasteiger partial charge is 0.187 e. The molecule has 5 aliphatic rings. The van der Waals surface area contributed by atoms with Gasteiger partial charge in [0, 0.05) is 0 Å². The summed E-state index contributed by atoms with van der Waals surface area (Å²) in [6.07, 6.45) is -44.3. The first-order chi connectivity index (χ1) is 25.4. The van der Waals surface area contributed by atoms with Gasteiger partial charge in [-0.25, -0.2) is 0 Å². The van der Waals surface area contributed by atoms with Crippen LogP contribution in [0.3, 0.4) is 0 Å². The Morgan fingerprint density at radius 2 is 0.722 bits per heavy atom. The number of hydrogen-bond acceptors (Lipinski definition) is 24. The molecule has 0 unspecified atom stereocenters. The van der Waals surface area contributed by atoms with Gasteiger partial charge in [-0.15, -0.1) is 0 Å². The van der Waals surface area contributed by atoms with Crippen LogP contribution in [0.15, 0.2) is 0 Å². The third-order valence-electron chi connectivity index (χ3n) is 10.2. The number of aliphatic hydroxyl groups is 15. The molecule has 25 atom stereocenters. The largest absolute Gasteiger partial charge is 0.394 e. The van der Waals surface area contributed by atoms with Crippen LogP contribution in [-0.2, 0) is 42.6 Å². The highest BCUT2D eigenvalue weighted by Crippen LogP contribution is 2.36. The minimum atomic E-state index is -2.13. The third-order valence-corrected chi connectivity index (χ3v) is 10.2. The summed E-state index contributed by atoms with van der Waals surface area (Å²) in [5.74, 6) is 0. The molecule has 54 heavy (non-hydrogen) atoms. The Hall–Kier alpha value is -0.960. The first-order valence-corrected chi connectivity index (χ1v) is 17.3. The molecule has 5 heterocycles. The standard InChI is InChI=1S/C30H52O24/c1-6-11(34)15(38)18(41)27(46-6)52-23-14(37)9(4-32)49-29(20(23)43)51-22-10(5-33)50-30(54-25-17(40)13(36)8(3-31)48-26(25)45)21(44)24(22)53-28-19(42)16(39)12(35)7(2)47-28/h6-45H,3-5H2,1-2H3/t6-,7-,8+,9+,10+,11-,12-,13+,14+,15+,16+,17-,18+,19+,20+,21+,22+,23-,24+,25+,26+,27-,28-,29-,30+/m0/s1. The quantitative estimate of drug-likeness (QED) is 0.0923. The molecule has 0 aromatic carbocycles. The van der Waals surface area contributed by atoms with E-state index in [1.807, 2.05) is 0 Å². The van der Waals surface area contributed by atoms with E-state index >= 15 is 0 Å². The van der Waals surface area contributed by atoms with E-state index in [2.05, 4.69) is 0 Å². The summed E-state index contributed by atoms with van der Waals surface area (Å²) in [6, 6.07) is 0. The highest BCUT2D eigenvalue weighted by atomic mass is 16.8. The van der Waals surface area contributed by atoms with Gasteiger partial charge in [0.25, 0.3) is 0 Å². The van der Waals surface area contributed by atoms with Gasteiger partial charge in [0.2, 0.25) is 0 Å². The van der Waals surface area contributed by atoms with Crippen molar-refractivity contribution in [3.8, 4) is 0 Å². The zero-order chi connectivity index (χ0) is 39.9. The number of ether oxygens (including phenoxy) is 9. The number of rotatable bonds is 11. The van der Waals surface area contributed by atoms with Gasteiger partial charge in [-0.1, -0.05) is 0 Å². The molecule has 5 fully saturated rings. The van der Waals surface area contributed by atoms with Crippen molar-refractivity contribution >= 4 is 0 Å². The molecule has 24 nitrogen and oxygen atoms in total. The van der Waals surface area contributed by atoms with Crippen LogP contribution < -0.4 is 0 Å². The predicted octanol–water partition coefficient (Wildman–Crippen LogP) is -9.87. The van der Waals surface area contributed by atoms with Crippen LogP contribution in [0.4, 0.5) is 0 Å². The summed E-state index contributed by atoms with van der Waals surface area (Å²) in [6.45, 7) is -0.0501. The lowest BCUT2D eigenvalue weighted by atomic mass is 9.95. The highest BCUT2D eigenvalue weighted by Gasteiger charge is 2.57. The van der Waals surface area contributed by atoms with Gasteiger partial charge in [0.1, 0.15) is 110 Å². The zero-order valence-electron chi connectivity index (χ0n) is 28.9. The Balaban J connectivity index is 1.42. The first kappa shape index (κ1) is 44.1. The van der Waals surface area contributed by atoms with Gasteiger partial charge in [0.05, 0.1) is 32.0 Å². The predicted molar refractivity (Wildman–Crippen MR) is 164 cm³/mol. The normalized spacial score (nSPS) is 54.7. The fourth-order valence-electron chi connectivity index (χ4n) is 6.89. The van der Waals surface area contributed by atoms with Gasteiger partial charge in [-0.05, 0) is 13.8 Å². The van der Waals surface area contributed by atoms with E-state index in [0.29, 0.717) is 0 Å². The van der Waals surface area contributed by atoms with Gasteiger partial charge in [-0.2, -0.15) is 0 Å². The Morgan fingerprint density at radius 3 is 1.22 bits per heavy atom. The molecular formula is C30H52O24. The minimum Gasteiger partial charge on any atom is -0.394 e. The fourth-order valence-corrected chi connectivity index (χ4v) is 6.89. The van der Waals surface area contributed by atoms with Crippen molar-refractivity contribution in [1.82, 2.24) is 0 Å². The molecule has 0 amide bonds. The SMILES string of the molecule is C[C@@H]1O[C@@H](O[C@@H]2[C@@H](O)[C@H](O[C@H]3[C@H](O[C@@H]4O[C@@H](C)[C@H](O)[C@@H](O)[C@H]4O)[C@@H](O)[C@@H](O[C@@H]4[C@@H](O)[C@H](O)[C@@H](CO)O[C@H]4O)O[C@@H]3CO)O[C@H](CO)[C@H]2O)[C@H](O)[C@H](O)[C@H]1O. The molecule has 5 rings (SSSR count). The molecule has 0 aliphatic carbocycles. The number of aliphatic hydroxyl groups excluding tert-OH is 15. The third kappa shape index (κ3) is 8.72. The Morgan fingerprint density at radius 1 is 0.333 bits per heavy atom. The molecule has 0 saturated carbocycles. The van der Waals surface area contributed by atoms with Crippen LogP contribution in [0.5, 0.6) is 0 Å². The first-order valence-electron chi connectivity index (χ1n) is 17.3. The van der Waals surface area contributed by atoms with E-state index in [-0.39, 0.29) is 0 Å². The molecule has 0 aromatic rings. The van der Waals surface area contributed by atoms with Gasteiger partial charge in [-0.3, -0.25) is 0 Å². The summed E-state index contributed by atoms with van der Waals surface area (Å²) in [5.41, 5.74) is 0. The lowest BCUT2D eigenvalue weighted by Gasteiger charge is -2.50. The molecule has 5 aliphatic heterocycles. The van der Waals surface area contributed by atoms with Crippen LogP contribution >= 0.6 is 0 Å². The lowest BCUT2D eigenvalue weighted by molar-refractivity contribution is -0.405. The monoisotopic (exact) mass is 796 g/mol. The van der Waals surface area contributed by atoms with Crippen LogP contribution in [0, 0.1) is 0 Å². The maximum atomic E-state index is 11.6. The molecule has 15 N–H and O–H groups in total. The molecule has 0 aromatic heterocycles. The van der Waals surface area contributed by atoms with E-state index in [0.717, 1.165) is 0 Å². The lowest BCUT2D eigenvalue weighted by Crippen LogP contribution is -2.68. The van der Waals surface area contributed by atoms with Crippen molar-refractivity contribution in [2.75, 3.05) is 19.8 Å². The maximum absolute atomic E-state index is 11.6. The van der Waals surface area contributed by atoms with E-state index in [4.69, 9.17) is 42.6 Å². The Kier molecular flexibility index (Phi) is 15.0. The summed E-state index contributed by atoms with van der Waals surface area (Å²) in [4.78, 5) is 0. The molecule has 5 saturated heterocycles. The average Bonchev–Trinajstić information content (AvgIpc) is 3.15. The molecular weight excluding hydrogens is 744 g/mol. The van der Waals surface area contributed by atoms with E-state index in [1.165, 1.54) is 13.8 Å². The van der Waals surface area contributed by atoms with Crippen LogP contribution in [0.25, 0.3) is 0 Å². The van der Waals surface area contributed by atoms with E-state index in [1.54, 1.807) is 0 Å². The summed E-state index contributed by atoms with van der Waals surface area (Å²) in [7, 11) is 0. The van der Waals surface area contributed by atoms with Crippen molar-refractivity contribution in [3.63, 3.8) is 0 Å². The van der Waals surface area contributed by atoms with Crippen molar-refractivity contribution in [2.45, 2.75) is 167 Å². The van der Waals surface area contributed by atoms with Crippen LogP contribution in [0.1, 0.15) is 13.8 Å². The van der Waals surface area contributed by atoms with E-state index < -0.39 is 173 Å². The average molecular weight is 797 g/mol. The highest BCUT2D eigenvalue weighted by molar-refractivity contribution is 4.99. The zero-order valence-corrected chi connectivity index (χ0v) is 28.9. The molecule has 24 heteroatoms. The molecule has 0 spiro atoms. The Labute approximate surface area is 306 Å². The molecule has 0 bridgehead atoms. The topological polar surface area (TPSA) is 387 Å². The molecule has 0 radical (unpaired) electrons. The van der Waals surface area contributed by atoms with Gasteiger partial charge < -0.3 is 119 Å². The second-order valence-corrected chi connectivity index (χ2v) is 13.9. The van der Waals surface area contributed by atoms with Crippen LogP contribution in [0.2, 0.25) is 0 Å². The second kappa shape index (κ2) is 18.3. The Bertz CT molecular complexity index is 1170.